The Labute approximate surface area is 90.4 Å². The maximum Gasteiger partial charge on any atom is 0.0719 e. The van der Waals surface area contributed by atoms with E-state index in [-0.39, 0.29) is 6.04 Å². The Morgan fingerprint density at radius 3 is 2.53 bits per heavy atom. The maximum absolute atomic E-state index is 5.19. The summed E-state index contributed by atoms with van der Waals surface area (Å²) in [5, 5.41) is 1.83. The number of hydrogen-bond acceptors (Lipinski definition) is 2. The molecule has 1 aliphatic heterocycles. The average Bonchev–Trinajstić information content (AvgIpc) is 2.30. The molecule has 0 bridgehead atoms. The normalized spacial score (nSPS) is 20.3. The van der Waals surface area contributed by atoms with Gasteiger partial charge in [0.1, 0.15) is 0 Å². The molecule has 0 aliphatic carbocycles. The summed E-state index contributed by atoms with van der Waals surface area (Å²) in [6.07, 6.45) is 6.23. The third-order valence-corrected chi connectivity index (χ3v) is 2.54. The van der Waals surface area contributed by atoms with Crippen molar-refractivity contribution in [2.45, 2.75) is 13.0 Å². The van der Waals surface area contributed by atoms with Crippen LogP contribution < -0.4 is 0 Å². The molecule has 0 fully saturated rings. The molecule has 2 heteroatoms. The lowest BCUT2D eigenvalue weighted by molar-refractivity contribution is -0.104. The number of rotatable bonds is 2. The summed E-state index contributed by atoms with van der Waals surface area (Å²) in [5.74, 6) is 0. The van der Waals surface area contributed by atoms with Crippen molar-refractivity contribution >= 4 is 5.57 Å². The van der Waals surface area contributed by atoms with E-state index in [2.05, 4.69) is 43.3 Å². The quantitative estimate of drug-likeness (QED) is 0.729. The molecule has 0 saturated carbocycles. The zero-order valence-corrected chi connectivity index (χ0v) is 9.05. The molecular formula is C13H15NO. The first-order valence-corrected chi connectivity index (χ1v) is 5.09. The summed E-state index contributed by atoms with van der Waals surface area (Å²) in [6.45, 7) is 2.11. The highest BCUT2D eigenvalue weighted by Gasteiger charge is 2.12. The van der Waals surface area contributed by atoms with Gasteiger partial charge in [0.15, 0.2) is 0 Å². The highest BCUT2D eigenvalue weighted by atomic mass is 16.7. The first-order valence-electron chi connectivity index (χ1n) is 5.09. The van der Waals surface area contributed by atoms with Crippen LogP contribution in [0.3, 0.4) is 0 Å². The van der Waals surface area contributed by atoms with Gasteiger partial charge in [-0.2, -0.15) is 0 Å². The van der Waals surface area contributed by atoms with Gasteiger partial charge in [-0.1, -0.05) is 36.4 Å². The molecule has 0 aromatic heterocycles. The van der Waals surface area contributed by atoms with E-state index in [9.17, 15) is 0 Å². The Kier molecular flexibility index (Phi) is 2.88. The van der Waals surface area contributed by atoms with Gasteiger partial charge in [-0.25, -0.2) is 0 Å². The molecule has 0 N–H and O–H groups in total. The number of hydrogen-bond donors (Lipinski definition) is 0. The average molecular weight is 201 g/mol. The number of nitrogens with zero attached hydrogens (tertiary/aromatic N) is 1. The lowest BCUT2D eigenvalue weighted by Crippen LogP contribution is -2.27. The molecule has 0 saturated heterocycles. The van der Waals surface area contributed by atoms with Crippen LogP contribution in [-0.2, 0) is 4.84 Å². The van der Waals surface area contributed by atoms with Gasteiger partial charge in [-0.05, 0) is 24.1 Å². The van der Waals surface area contributed by atoms with Gasteiger partial charge in [-0.3, -0.25) is 9.90 Å². The van der Waals surface area contributed by atoms with Crippen LogP contribution in [0.1, 0.15) is 12.5 Å². The van der Waals surface area contributed by atoms with Crippen LogP contribution in [0.2, 0.25) is 0 Å². The van der Waals surface area contributed by atoms with Crippen molar-refractivity contribution in [2.75, 3.05) is 7.11 Å². The molecule has 1 unspecified atom stereocenters. The van der Waals surface area contributed by atoms with Crippen LogP contribution in [0.15, 0.2) is 48.7 Å². The van der Waals surface area contributed by atoms with E-state index >= 15 is 0 Å². The standard InChI is InChI=1S/C13H15NO/c1-11-10-13(8-9-14(11)15-2)12-6-4-3-5-7-12/h3-11H,1-2H3. The van der Waals surface area contributed by atoms with E-state index in [1.807, 2.05) is 17.3 Å². The molecule has 2 nitrogen and oxygen atoms in total. The fraction of sp³-hybridized carbons (Fsp3) is 0.231. The zero-order chi connectivity index (χ0) is 10.7. The van der Waals surface area contributed by atoms with E-state index < -0.39 is 0 Å². The monoisotopic (exact) mass is 201 g/mol. The third kappa shape index (κ3) is 2.10. The van der Waals surface area contributed by atoms with E-state index in [0.29, 0.717) is 0 Å². The number of allylic oxidation sites excluding steroid dienone is 2. The molecule has 1 atom stereocenters. The molecule has 1 aromatic carbocycles. The van der Waals surface area contributed by atoms with Crippen molar-refractivity contribution in [3.63, 3.8) is 0 Å². The van der Waals surface area contributed by atoms with Gasteiger partial charge in [0.2, 0.25) is 0 Å². The SMILES string of the molecule is CON1C=CC(c2ccccc2)=CC1C. The van der Waals surface area contributed by atoms with Crippen molar-refractivity contribution in [1.29, 1.82) is 0 Å². The molecular weight excluding hydrogens is 186 g/mol. The Morgan fingerprint density at radius 1 is 1.20 bits per heavy atom. The van der Waals surface area contributed by atoms with Gasteiger partial charge in [-0.15, -0.1) is 0 Å². The number of benzene rings is 1. The second-order valence-electron chi connectivity index (χ2n) is 3.59. The van der Waals surface area contributed by atoms with Crippen LogP contribution in [0, 0.1) is 0 Å². The Hall–Kier alpha value is -1.54. The molecule has 2 rings (SSSR count). The largest absolute Gasteiger partial charge is 0.277 e. The summed E-state index contributed by atoms with van der Waals surface area (Å²) in [6, 6.07) is 10.6. The van der Waals surface area contributed by atoms with Crippen molar-refractivity contribution in [3.05, 3.63) is 54.2 Å². The van der Waals surface area contributed by atoms with Crippen LogP contribution in [0.25, 0.3) is 5.57 Å². The smallest absolute Gasteiger partial charge is 0.0719 e. The predicted octanol–water partition coefficient (Wildman–Crippen LogP) is 2.85. The molecule has 15 heavy (non-hydrogen) atoms. The van der Waals surface area contributed by atoms with Gasteiger partial charge in [0, 0.05) is 6.20 Å². The second kappa shape index (κ2) is 4.32. The topological polar surface area (TPSA) is 12.5 Å². The van der Waals surface area contributed by atoms with Crippen molar-refractivity contribution in [3.8, 4) is 0 Å². The molecule has 1 aromatic rings. The third-order valence-electron chi connectivity index (χ3n) is 2.54. The fourth-order valence-corrected chi connectivity index (χ4v) is 1.73. The fourth-order valence-electron chi connectivity index (χ4n) is 1.73. The highest BCUT2D eigenvalue weighted by Crippen LogP contribution is 2.22. The highest BCUT2D eigenvalue weighted by molar-refractivity contribution is 5.75. The number of hydroxylamine groups is 2. The first-order chi connectivity index (χ1) is 7.31. The molecule has 1 aliphatic rings. The summed E-state index contributed by atoms with van der Waals surface area (Å²) in [5.41, 5.74) is 2.49. The molecule has 1 heterocycles. The van der Waals surface area contributed by atoms with Crippen molar-refractivity contribution in [2.24, 2.45) is 0 Å². The minimum absolute atomic E-state index is 0.273. The molecule has 0 spiro atoms. The van der Waals surface area contributed by atoms with Crippen LogP contribution in [0.4, 0.5) is 0 Å². The van der Waals surface area contributed by atoms with E-state index in [4.69, 9.17) is 4.84 Å². The minimum Gasteiger partial charge on any atom is -0.277 e. The zero-order valence-electron chi connectivity index (χ0n) is 9.05. The van der Waals surface area contributed by atoms with E-state index in [1.54, 1.807) is 7.11 Å². The molecule has 0 amide bonds. The van der Waals surface area contributed by atoms with E-state index in [1.165, 1.54) is 11.1 Å². The summed E-state index contributed by atoms with van der Waals surface area (Å²) >= 11 is 0. The Bertz CT molecular complexity index is 381. The van der Waals surface area contributed by atoms with Gasteiger partial charge in [0.25, 0.3) is 0 Å². The molecule has 78 valence electrons. The first kappa shape index (κ1) is 9.99. The Balaban J connectivity index is 2.24. The lowest BCUT2D eigenvalue weighted by atomic mass is 10.0. The van der Waals surface area contributed by atoms with Crippen LogP contribution in [-0.4, -0.2) is 18.2 Å². The van der Waals surface area contributed by atoms with Crippen molar-refractivity contribution in [1.82, 2.24) is 5.06 Å². The second-order valence-corrected chi connectivity index (χ2v) is 3.59. The summed E-state index contributed by atoms with van der Waals surface area (Å²) < 4.78 is 0. The van der Waals surface area contributed by atoms with Gasteiger partial charge in [0.05, 0.1) is 13.2 Å². The van der Waals surface area contributed by atoms with Crippen molar-refractivity contribution < 1.29 is 4.84 Å². The predicted molar refractivity (Wildman–Crippen MR) is 61.9 cm³/mol. The lowest BCUT2D eigenvalue weighted by Gasteiger charge is -2.26. The summed E-state index contributed by atoms with van der Waals surface area (Å²) in [4.78, 5) is 5.19. The van der Waals surface area contributed by atoms with E-state index in [0.717, 1.165) is 0 Å². The van der Waals surface area contributed by atoms with Gasteiger partial charge >= 0.3 is 0 Å². The van der Waals surface area contributed by atoms with Crippen LogP contribution in [0.5, 0.6) is 0 Å². The van der Waals surface area contributed by atoms with Gasteiger partial charge < -0.3 is 0 Å². The molecule has 0 radical (unpaired) electrons. The summed E-state index contributed by atoms with van der Waals surface area (Å²) in [7, 11) is 1.68. The Morgan fingerprint density at radius 2 is 1.93 bits per heavy atom. The van der Waals surface area contributed by atoms with Crippen LogP contribution >= 0.6 is 0 Å². The maximum atomic E-state index is 5.19. The minimum atomic E-state index is 0.273.